The third-order valence-electron chi connectivity index (χ3n) is 2.52. The maximum Gasteiger partial charge on any atom is 0.216 e. The lowest BCUT2D eigenvalue weighted by Crippen LogP contribution is -1.93. The first-order valence-corrected chi connectivity index (χ1v) is 6.16. The highest BCUT2D eigenvalue weighted by Crippen LogP contribution is 2.24. The van der Waals surface area contributed by atoms with E-state index in [1.807, 2.05) is 31.2 Å². The second-order valence-corrected chi connectivity index (χ2v) is 3.92. The summed E-state index contributed by atoms with van der Waals surface area (Å²) in [7, 11) is 1.58. The molecule has 1 aromatic heterocycles. The minimum atomic E-state index is 0.531. The summed E-state index contributed by atoms with van der Waals surface area (Å²) in [6, 6.07) is 11.4. The lowest BCUT2D eigenvalue weighted by molar-refractivity contribution is 0.134. The van der Waals surface area contributed by atoms with E-state index in [9.17, 15) is 0 Å². The lowest BCUT2D eigenvalue weighted by Gasteiger charge is -2.08. The highest BCUT2D eigenvalue weighted by atomic mass is 16.5. The van der Waals surface area contributed by atoms with Gasteiger partial charge in [0.1, 0.15) is 11.5 Å². The highest BCUT2D eigenvalue weighted by molar-refractivity contribution is 5.35. The Labute approximate surface area is 113 Å². The molecule has 0 N–H and O–H groups in total. The van der Waals surface area contributed by atoms with Crippen molar-refractivity contribution in [3.63, 3.8) is 0 Å². The number of rotatable bonds is 6. The van der Waals surface area contributed by atoms with E-state index in [1.54, 1.807) is 25.4 Å². The van der Waals surface area contributed by atoms with E-state index in [-0.39, 0.29) is 0 Å². The van der Waals surface area contributed by atoms with Gasteiger partial charge in [0.05, 0.1) is 13.7 Å². The average molecular weight is 259 g/mol. The van der Waals surface area contributed by atoms with Gasteiger partial charge in [-0.05, 0) is 30.7 Å². The molecule has 4 heteroatoms. The predicted octanol–water partition coefficient (Wildman–Crippen LogP) is 3.42. The van der Waals surface area contributed by atoms with Crippen molar-refractivity contribution in [1.82, 2.24) is 4.98 Å². The molecule has 0 fully saturated rings. The molecule has 0 spiro atoms. The SMILES string of the molecule is CCOCc1cccc(Oc2ccnc(OC)c2)c1. The number of aromatic nitrogens is 1. The van der Waals surface area contributed by atoms with Crippen molar-refractivity contribution in [1.29, 1.82) is 0 Å². The molecule has 100 valence electrons. The van der Waals surface area contributed by atoms with E-state index in [0.29, 0.717) is 24.8 Å². The topological polar surface area (TPSA) is 40.6 Å². The number of methoxy groups -OCH3 is 1. The average Bonchev–Trinajstić information content (AvgIpc) is 2.46. The van der Waals surface area contributed by atoms with Crippen LogP contribution in [-0.4, -0.2) is 18.7 Å². The second kappa shape index (κ2) is 6.75. The van der Waals surface area contributed by atoms with Crippen LogP contribution >= 0.6 is 0 Å². The van der Waals surface area contributed by atoms with Crippen molar-refractivity contribution < 1.29 is 14.2 Å². The number of pyridine rings is 1. The largest absolute Gasteiger partial charge is 0.481 e. The molecule has 4 nitrogen and oxygen atoms in total. The zero-order valence-corrected chi connectivity index (χ0v) is 11.1. The van der Waals surface area contributed by atoms with Crippen molar-refractivity contribution >= 4 is 0 Å². The lowest BCUT2D eigenvalue weighted by atomic mass is 10.2. The Bertz CT molecular complexity index is 528. The number of hydrogen-bond acceptors (Lipinski definition) is 4. The monoisotopic (exact) mass is 259 g/mol. The molecule has 2 rings (SSSR count). The van der Waals surface area contributed by atoms with Gasteiger partial charge >= 0.3 is 0 Å². The first-order chi connectivity index (χ1) is 9.31. The zero-order valence-electron chi connectivity index (χ0n) is 11.1. The second-order valence-electron chi connectivity index (χ2n) is 3.92. The number of nitrogens with zero attached hydrogens (tertiary/aromatic N) is 1. The van der Waals surface area contributed by atoms with Crippen LogP contribution in [0.25, 0.3) is 0 Å². The summed E-state index contributed by atoms with van der Waals surface area (Å²) in [4.78, 5) is 4.04. The summed E-state index contributed by atoms with van der Waals surface area (Å²) >= 11 is 0. The van der Waals surface area contributed by atoms with Gasteiger partial charge in [-0.15, -0.1) is 0 Å². The fourth-order valence-electron chi connectivity index (χ4n) is 1.62. The molecule has 0 unspecified atom stereocenters. The van der Waals surface area contributed by atoms with Crippen molar-refractivity contribution in [2.24, 2.45) is 0 Å². The molecule has 1 heterocycles. The molecule has 0 aliphatic rings. The molecular formula is C15H17NO3. The Morgan fingerprint density at radius 1 is 1.11 bits per heavy atom. The zero-order chi connectivity index (χ0) is 13.5. The van der Waals surface area contributed by atoms with Crippen molar-refractivity contribution in [2.75, 3.05) is 13.7 Å². The minimum absolute atomic E-state index is 0.531. The first-order valence-electron chi connectivity index (χ1n) is 6.16. The molecule has 19 heavy (non-hydrogen) atoms. The Hall–Kier alpha value is -2.07. The van der Waals surface area contributed by atoms with Gasteiger partial charge in [0.2, 0.25) is 5.88 Å². The maximum absolute atomic E-state index is 5.77. The van der Waals surface area contributed by atoms with Crippen LogP contribution in [0.1, 0.15) is 12.5 Å². The maximum atomic E-state index is 5.77. The van der Waals surface area contributed by atoms with E-state index >= 15 is 0 Å². The summed E-state index contributed by atoms with van der Waals surface area (Å²) < 4.78 is 16.2. The number of hydrogen-bond donors (Lipinski definition) is 0. The molecular weight excluding hydrogens is 242 g/mol. The van der Waals surface area contributed by atoms with Gasteiger partial charge in [-0.1, -0.05) is 12.1 Å². The molecule has 2 aromatic rings. The van der Waals surface area contributed by atoms with Gasteiger partial charge in [0.15, 0.2) is 0 Å². The van der Waals surface area contributed by atoms with Crippen molar-refractivity contribution in [3.05, 3.63) is 48.2 Å². The fraction of sp³-hybridized carbons (Fsp3) is 0.267. The predicted molar refractivity (Wildman–Crippen MR) is 72.6 cm³/mol. The van der Waals surface area contributed by atoms with E-state index in [0.717, 1.165) is 11.3 Å². The summed E-state index contributed by atoms with van der Waals surface area (Å²) in [6.45, 7) is 3.27. The first kappa shape index (κ1) is 13.4. The Kier molecular flexibility index (Phi) is 4.75. The molecule has 0 atom stereocenters. The van der Waals surface area contributed by atoms with Crippen LogP contribution in [0.5, 0.6) is 17.4 Å². The molecule has 1 aromatic carbocycles. The van der Waals surface area contributed by atoms with Crippen LogP contribution in [-0.2, 0) is 11.3 Å². The quantitative estimate of drug-likeness (QED) is 0.797. The van der Waals surface area contributed by atoms with E-state index in [1.165, 1.54) is 0 Å². The normalized spacial score (nSPS) is 10.2. The highest BCUT2D eigenvalue weighted by Gasteiger charge is 2.01. The van der Waals surface area contributed by atoms with Gasteiger partial charge in [0.25, 0.3) is 0 Å². The molecule has 0 bridgehead atoms. The molecule has 0 amide bonds. The molecule has 0 radical (unpaired) electrons. The molecule has 0 aliphatic carbocycles. The molecule has 0 saturated heterocycles. The van der Waals surface area contributed by atoms with Crippen LogP contribution in [0.2, 0.25) is 0 Å². The van der Waals surface area contributed by atoms with Gasteiger partial charge in [0, 0.05) is 18.9 Å². The van der Waals surface area contributed by atoms with Crippen LogP contribution in [0.3, 0.4) is 0 Å². The summed E-state index contributed by atoms with van der Waals surface area (Å²) in [5.41, 5.74) is 1.08. The van der Waals surface area contributed by atoms with Crippen LogP contribution in [0.15, 0.2) is 42.6 Å². The van der Waals surface area contributed by atoms with E-state index in [2.05, 4.69) is 4.98 Å². The minimum Gasteiger partial charge on any atom is -0.481 e. The molecule has 0 aliphatic heterocycles. The third-order valence-corrected chi connectivity index (χ3v) is 2.52. The smallest absolute Gasteiger partial charge is 0.216 e. The number of ether oxygens (including phenoxy) is 3. The van der Waals surface area contributed by atoms with Gasteiger partial charge < -0.3 is 14.2 Å². The van der Waals surface area contributed by atoms with E-state index < -0.39 is 0 Å². The Morgan fingerprint density at radius 3 is 2.74 bits per heavy atom. The summed E-state index contributed by atoms with van der Waals surface area (Å²) in [5, 5.41) is 0. The van der Waals surface area contributed by atoms with E-state index in [4.69, 9.17) is 14.2 Å². The standard InChI is InChI=1S/C15H17NO3/c1-3-18-11-12-5-4-6-13(9-12)19-14-7-8-16-15(10-14)17-2/h4-10H,3,11H2,1-2H3. The van der Waals surface area contributed by atoms with Crippen molar-refractivity contribution in [2.45, 2.75) is 13.5 Å². The van der Waals surface area contributed by atoms with Gasteiger partial charge in [-0.25, -0.2) is 4.98 Å². The fourth-order valence-corrected chi connectivity index (χ4v) is 1.62. The van der Waals surface area contributed by atoms with Crippen LogP contribution in [0, 0.1) is 0 Å². The third kappa shape index (κ3) is 3.96. The summed E-state index contributed by atoms with van der Waals surface area (Å²) in [6.07, 6.45) is 1.65. The summed E-state index contributed by atoms with van der Waals surface area (Å²) in [5.74, 6) is 1.99. The molecule has 0 saturated carbocycles. The van der Waals surface area contributed by atoms with Crippen LogP contribution < -0.4 is 9.47 Å². The Morgan fingerprint density at radius 2 is 1.95 bits per heavy atom. The Balaban J connectivity index is 2.09. The number of benzene rings is 1. The van der Waals surface area contributed by atoms with Gasteiger partial charge in [-0.2, -0.15) is 0 Å². The van der Waals surface area contributed by atoms with Crippen LogP contribution in [0.4, 0.5) is 0 Å². The van der Waals surface area contributed by atoms with Crippen molar-refractivity contribution in [3.8, 4) is 17.4 Å². The van der Waals surface area contributed by atoms with Gasteiger partial charge in [-0.3, -0.25) is 0 Å².